The zero-order valence-electron chi connectivity index (χ0n) is 16.4. The van der Waals surface area contributed by atoms with Crippen LogP contribution in [0.15, 0.2) is 12.2 Å². The van der Waals surface area contributed by atoms with E-state index in [-0.39, 0.29) is 0 Å². The normalized spacial score (nSPS) is 12.9. The molecule has 5 heteroatoms. The molecule has 1 aromatic rings. The number of aromatic nitrogens is 4. The molecule has 0 fully saturated rings. The SMILES string of the molecule is CCCCCCCCC=CCCCCCCCC(O)c1nnnn1C. The third kappa shape index (κ3) is 11.1. The smallest absolute Gasteiger partial charge is 0.179 e. The largest absolute Gasteiger partial charge is 0.385 e. The Kier molecular flexibility index (Phi) is 13.1. The van der Waals surface area contributed by atoms with E-state index in [0.717, 1.165) is 12.8 Å². The fourth-order valence-corrected chi connectivity index (χ4v) is 3.06. The van der Waals surface area contributed by atoms with Crippen LogP contribution in [-0.2, 0) is 7.05 Å². The van der Waals surface area contributed by atoms with E-state index < -0.39 is 6.10 Å². The molecule has 25 heavy (non-hydrogen) atoms. The average molecular weight is 351 g/mol. The third-order valence-electron chi connectivity index (χ3n) is 4.69. The first kappa shape index (κ1) is 21.8. The highest BCUT2D eigenvalue weighted by Crippen LogP contribution is 2.17. The van der Waals surface area contributed by atoms with E-state index in [9.17, 15) is 5.11 Å². The van der Waals surface area contributed by atoms with Crippen LogP contribution >= 0.6 is 0 Å². The summed E-state index contributed by atoms with van der Waals surface area (Å²) < 4.78 is 1.54. The summed E-state index contributed by atoms with van der Waals surface area (Å²) in [5, 5.41) is 21.2. The van der Waals surface area contributed by atoms with Gasteiger partial charge in [-0.05, 0) is 42.5 Å². The van der Waals surface area contributed by atoms with Crippen molar-refractivity contribution in [3.8, 4) is 0 Å². The molecule has 1 N–H and O–H groups in total. The second kappa shape index (κ2) is 15.1. The number of unbranched alkanes of at least 4 members (excludes halogenated alkanes) is 11. The van der Waals surface area contributed by atoms with E-state index in [1.54, 1.807) is 11.7 Å². The molecule has 5 nitrogen and oxygen atoms in total. The first-order valence-electron chi connectivity index (χ1n) is 10.3. The lowest BCUT2D eigenvalue weighted by atomic mass is 10.1. The lowest BCUT2D eigenvalue weighted by Gasteiger charge is -2.08. The molecule has 1 heterocycles. The van der Waals surface area contributed by atoms with E-state index in [4.69, 9.17) is 0 Å². The molecular weight excluding hydrogens is 312 g/mol. The molecule has 1 atom stereocenters. The summed E-state index contributed by atoms with van der Waals surface area (Å²) in [6.07, 6.45) is 21.7. The maximum Gasteiger partial charge on any atom is 0.179 e. The molecule has 1 rings (SSSR count). The minimum absolute atomic E-state index is 0.537. The molecule has 0 aliphatic heterocycles. The first-order chi connectivity index (χ1) is 12.3. The van der Waals surface area contributed by atoms with Crippen molar-refractivity contribution in [2.75, 3.05) is 0 Å². The van der Waals surface area contributed by atoms with E-state index in [1.165, 1.54) is 77.0 Å². The molecule has 1 unspecified atom stereocenters. The molecule has 1 aromatic heterocycles. The van der Waals surface area contributed by atoms with Crippen LogP contribution in [0.25, 0.3) is 0 Å². The van der Waals surface area contributed by atoms with Gasteiger partial charge in [-0.3, -0.25) is 0 Å². The van der Waals surface area contributed by atoms with E-state index >= 15 is 0 Å². The summed E-state index contributed by atoms with van der Waals surface area (Å²) in [6.45, 7) is 2.27. The molecule has 0 spiro atoms. The molecule has 0 bridgehead atoms. The van der Waals surface area contributed by atoms with Crippen molar-refractivity contribution >= 4 is 0 Å². The first-order valence-corrected chi connectivity index (χ1v) is 10.3. The van der Waals surface area contributed by atoms with Crippen LogP contribution in [0.1, 0.15) is 109 Å². The summed E-state index contributed by atoms with van der Waals surface area (Å²) in [5.41, 5.74) is 0. The predicted molar refractivity (Wildman–Crippen MR) is 103 cm³/mol. The van der Waals surface area contributed by atoms with E-state index in [0.29, 0.717) is 5.82 Å². The average Bonchev–Trinajstić information content (AvgIpc) is 3.04. The molecule has 0 saturated heterocycles. The summed E-state index contributed by atoms with van der Waals surface area (Å²) in [7, 11) is 1.76. The van der Waals surface area contributed by atoms with Gasteiger partial charge in [-0.15, -0.1) is 5.10 Å². The summed E-state index contributed by atoms with van der Waals surface area (Å²) in [5.74, 6) is 0.565. The second-order valence-electron chi connectivity index (χ2n) is 7.05. The van der Waals surface area contributed by atoms with Crippen LogP contribution in [0.4, 0.5) is 0 Å². The standard InChI is InChI=1S/C20H38N4O/c1-3-4-5-6-7-8-9-10-11-12-13-14-15-16-17-18-19(25)20-21-22-23-24(20)2/h10-11,19,25H,3-9,12-18H2,1-2H3. The van der Waals surface area contributed by atoms with Gasteiger partial charge in [0.15, 0.2) is 5.82 Å². The van der Waals surface area contributed by atoms with Gasteiger partial charge in [0.2, 0.25) is 0 Å². The van der Waals surface area contributed by atoms with Gasteiger partial charge >= 0.3 is 0 Å². The molecule has 144 valence electrons. The van der Waals surface area contributed by atoms with E-state index in [1.807, 2.05) is 0 Å². The van der Waals surface area contributed by atoms with Crippen LogP contribution < -0.4 is 0 Å². The summed E-state index contributed by atoms with van der Waals surface area (Å²) in [4.78, 5) is 0. The minimum Gasteiger partial charge on any atom is -0.385 e. The van der Waals surface area contributed by atoms with Crippen molar-refractivity contribution in [2.24, 2.45) is 7.05 Å². The Morgan fingerprint density at radius 3 is 2.00 bits per heavy atom. The molecule has 0 amide bonds. The molecule has 0 aliphatic rings. The minimum atomic E-state index is -0.537. The van der Waals surface area contributed by atoms with Gasteiger partial charge in [-0.2, -0.15) is 0 Å². The lowest BCUT2D eigenvalue weighted by Crippen LogP contribution is -2.06. The Hall–Kier alpha value is -1.23. The van der Waals surface area contributed by atoms with Gasteiger partial charge in [-0.25, -0.2) is 4.68 Å². The van der Waals surface area contributed by atoms with Crippen molar-refractivity contribution in [1.29, 1.82) is 0 Å². The molecular formula is C20H38N4O. The number of hydrogen-bond acceptors (Lipinski definition) is 4. The number of allylic oxidation sites excluding steroid dienone is 2. The van der Waals surface area contributed by atoms with Crippen LogP contribution in [0.5, 0.6) is 0 Å². The molecule has 0 aliphatic carbocycles. The molecule has 0 aromatic carbocycles. The van der Waals surface area contributed by atoms with Gasteiger partial charge < -0.3 is 5.11 Å². The van der Waals surface area contributed by atoms with Gasteiger partial charge in [0.05, 0.1) is 0 Å². The monoisotopic (exact) mass is 350 g/mol. The highest BCUT2D eigenvalue weighted by molar-refractivity contribution is 4.85. The molecule has 0 saturated carbocycles. The van der Waals surface area contributed by atoms with Crippen LogP contribution in [0.3, 0.4) is 0 Å². The topological polar surface area (TPSA) is 63.8 Å². The number of nitrogens with zero attached hydrogens (tertiary/aromatic N) is 4. The van der Waals surface area contributed by atoms with Crippen LogP contribution in [0.2, 0.25) is 0 Å². The number of tetrazole rings is 1. The number of aliphatic hydroxyl groups is 1. The Morgan fingerprint density at radius 1 is 0.880 bits per heavy atom. The van der Waals surface area contributed by atoms with Gasteiger partial charge in [0, 0.05) is 7.05 Å². The lowest BCUT2D eigenvalue weighted by molar-refractivity contribution is 0.149. The number of aliphatic hydroxyl groups excluding tert-OH is 1. The van der Waals surface area contributed by atoms with Crippen LogP contribution in [0, 0.1) is 0 Å². The van der Waals surface area contributed by atoms with Crippen molar-refractivity contribution in [3.63, 3.8) is 0 Å². The number of aryl methyl sites for hydroxylation is 1. The molecule has 0 radical (unpaired) electrons. The van der Waals surface area contributed by atoms with Gasteiger partial charge in [0.25, 0.3) is 0 Å². The Labute approximate surface area is 153 Å². The van der Waals surface area contributed by atoms with Crippen molar-refractivity contribution < 1.29 is 5.11 Å². The maximum absolute atomic E-state index is 10.0. The quantitative estimate of drug-likeness (QED) is 0.325. The van der Waals surface area contributed by atoms with Gasteiger partial charge in [-0.1, -0.05) is 76.9 Å². The van der Waals surface area contributed by atoms with Crippen molar-refractivity contribution in [1.82, 2.24) is 20.2 Å². The zero-order chi connectivity index (χ0) is 18.2. The zero-order valence-corrected chi connectivity index (χ0v) is 16.4. The fourth-order valence-electron chi connectivity index (χ4n) is 3.06. The predicted octanol–water partition coefficient (Wildman–Crippen LogP) is 5.28. The van der Waals surface area contributed by atoms with E-state index in [2.05, 4.69) is 34.6 Å². The van der Waals surface area contributed by atoms with Crippen molar-refractivity contribution in [3.05, 3.63) is 18.0 Å². The number of rotatable bonds is 16. The highest BCUT2D eigenvalue weighted by Gasteiger charge is 2.13. The van der Waals surface area contributed by atoms with Crippen LogP contribution in [-0.4, -0.2) is 25.3 Å². The fraction of sp³-hybridized carbons (Fsp3) is 0.850. The number of hydrogen-bond donors (Lipinski definition) is 1. The van der Waals surface area contributed by atoms with Crippen molar-refractivity contribution in [2.45, 2.75) is 103 Å². The Bertz CT molecular complexity index is 445. The Morgan fingerprint density at radius 2 is 1.44 bits per heavy atom. The third-order valence-corrected chi connectivity index (χ3v) is 4.69. The summed E-state index contributed by atoms with van der Waals surface area (Å²) >= 11 is 0. The highest BCUT2D eigenvalue weighted by atomic mass is 16.3. The summed E-state index contributed by atoms with van der Waals surface area (Å²) in [6, 6.07) is 0. The maximum atomic E-state index is 10.0. The Balaban J connectivity index is 1.84. The second-order valence-corrected chi connectivity index (χ2v) is 7.05. The van der Waals surface area contributed by atoms with Gasteiger partial charge in [0.1, 0.15) is 6.10 Å².